The fourth-order valence-electron chi connectivity index (χ4n) is 1.79. The van der Waals surface area contributed by atoms with Crippen molar-refractivity contribution >= 4 is 43.0 Å². The zero-order chi connectivity index (χ0) is 19.1. The van der Waals surface area contributed by atoms with Crippen molar-refractivity contribution in [3.8, 4) is 0 Å². The molecule has 1 aromatic carbocycles. The number of anilines is 2. The molecule has 0 aliphatic heterocycles. The van der Waals surface area contributed by atoms with Gasteiger partial charge in [-0.05, 0) is 18.2 Å². The second-order valence-corrected chi connectivity index (χ2v) is 9.51. The highest BCUT2D eigenvalue weighted by Gasteiger charge is 2.13. The van der Waals surface area contributed by atoms with Crippen molar-refractivity contribution in [3.05, 3.63) is 24.3 Å². The summed E-state index contributed by atoms with van der Waals surface area (Å²) in [5, 5.41) is 4.89. The van der Waals surface area contributed by atoms with E-state index in [1.54, 1.807) is 12.1 Å². The maximum Gasteiger partial charge on any atom is 0.234 e. The summed E-state index contributed by atoms with van der Waals surface area (Å²) >= 11 is 0. The molecule has 1 aromatic rings. The number of benzene rings is 1. The third-order valence-electron chi connectivity index (χ3n) is 2.85. The number of carbonyl (C=O) groups excluding carboxylic acids is 2. The SMILES string of the molecule is CC(=O)Nc1cccc(NS(=O)(=O)CCNC(=O)CCS(C)(=O)=O)c1. The first-order valence-corrected chi connectivity index (χ1v) is 11.0. The van der Waals surface area contributed by atoms with Crippen LogP contribution in [-0.4, -0.2) is 53.0 Å². The molecule has 25 heavy (non-hydrogen) atoms. The minimum atomic E-state index is -3.71. The van der Waals surface area contributed by atoms with E-state index in [9.17, 15) is 26.4 Å². The molecule has 0 spiro atoms. The Kier molecular flexibility index (Phi) is 7.37. The standard InChI is InChI=1S/C14H21N3O6S2/c1-11(18)16-12-4-3-5-13(10-12)17-25(22,23)9-7-15-14(19)6-8-24(2,20)21/h3-5,10,17H,6-9H2,1-2H3,(H,15,19)(H,16,18). The molecule has 0 radical (unpaired) electrons. The van der Waals surface area contributed by atoms with Crippen molar-refractivity contribution < 1.29 is 26.4 Å². The van der Waals surface area contributed by atoms with Crippen molar-refractivity contribution in [2.24, 2.45) is 0 Å². The molecule has 0 heterocycles. The molecule has 0 bridgehead atoms. The Labute approximate surface area is 147 Å². The van der Waals surface area contributed by atoms with Crippen molar-refractivity contribution in [1.29, 1.82) is 0 Å². The Balaban J connectivity index is 2.51. The van der Waals surface area contributed by atoms with Crippen molar-refractivity contribution in [2.75, 3.05) is 34.3 Å². The van der Waals surface area contributed by atoms with Gasteiger partial charge >= 0.3 is 0 Å². The van der Waals surface area contributed by atoms with Gasteiger partial charge in [0.25, 0.3) is 0 Å². The van der Waals surface area contributed by atoms with Crippen LogP contribution in [-0.2, 0) is 29.4 Å². The zero-order valence-corrected chi connectivity index (χ0v) is 15.5. The van der Waals surface area contributed by atoms with Gasteiger partial charge in [0.2, 0.25) is 21.8 Å². The summed E-state index contributed by atoms with van der Waals surface area (Å²) in [5.74, 6) is -1.48. The van der Waals surface area contributed by atoms with Crippen molar-refractivity contribution in [1.82, 2.24) is 5.32 Å². The summed E-state index contributed by atoms with van der Waals surface area (Å²) in [6, 6.07) is 6.18. The third kappa shape index (κ3) is 9.67. The Morgan fingerprint density at radius 2 is 1.68 bits per heavy atom. The highest BCUT2D eigenvalue weighted by atomic mass is 32.2. The fraction of sp³-hybridized carbons (Fsp3) is 0.429. The van der Waals surface area contributed by atoms with E-state index in [-0.39, 0.29) is 36.1 Å². The van der Waals surface area contributed by atoms with Gasteiger partial charge in [0.1, 0.15) is 9.84 Å². The van der Waals surface area contributed by atoms with Gasteiger partial charge in [-0.2, -0.15) is 0 Å². The van der Waals surface area contributed by atoms with E-state index < -0.39 is 25.8 Å². The van der Waals surface area contributed by atoms with Gasteiger partial charge in [-0.1, -0.05) is 6.07 Å². The molecule has 0 aliphatic rings. The maximum absolute atomic E-state index is 12.0. The van der Waals surface area contributed by atoms with E-state index in [1.807, 2.05) is 0 Å². The number of rotatable bonds is 9. The summed E-state index contributed by atoms with van der Waals surface area (Å²) < 4.78 is 48.2. The molecule has 0 saturated heterocycles. The minimum absolute atomic E-state index is 0.149. The maximum atomic E-state index is 12.0. The third-order valence-corrected chi connectivity index (χ3v) is 5.08. The van der Waals surface area contributed by atoms with E-state index in [2.05, 4.69) is 15.4 Å². The van der Waals surface area contributed by atoms with Gasteiger partial charge in [-0.3, -0.25) is 14.3 Å². The van der Waals surface area contributed by atoms with Crippen LogP contribution in [0, 0.1) is 0 Å². The van der Waals surface area contributed by atoms with Crippen LogP contribution in [0.4, 0.5) is 11.4 Å². The molecule has 0 fully saturated rings. The monoisotopic (exact) mass is 391 g/mol. The van der Waals surface area contributed by atoms with Crippen LogP contribution in [0.15, 0.2) is 24.3 Å². The lowest BCUT2D eigenvalue weighted by Gasteiger charge is -2.10. The van der Waals surface area contributed by atoms with Gasteiger partial charge in [0, 0.05) is 31.8 Å². The second kappa shape index (κ2) is 8.81. The molecule has 0 saturated carbocycles. The minimum Gasteiger partial charge on any atom is -0.355 e. The quantitative estimate of drug-likeness (QED) is 0.539. The lowest BCUT2D eigenvalue weighted by atomic mass is 10.3. The first-order chi connectivity index (χ1) is 11.5. The van der Waals surface area contributed by atoms with Crippen molar-refractivity contribution in [3.63, 3.8) is 0 Å². The van der Waals surface area contributed by atoms with E-state index in [0.29, 0.717) is 5.69 Å². The topological polar surface area (TPSA) is 139 Å². The van der Waals surface area contributed by atoms with Gasteiger partial charge in [-0.25, -0.2) is 16.8 Å². The Bertz CT molecular complexity index is 834. The van der Waals surface area contributed by atoms with Gasteiger partial charge in [0.15, 0.2) is 0 Å². The number of hydrogen-bond acceptors (Lipinski definition) is 6. The molecule has 0 atom stereocenters. The summed E-state index contributed by atoms with van der Waals surface area (Å²) in [6.45, 7) is 1.19. The molecule has 9 nitrogen and oxygen atoms in total. The number of carbonyl (C=O) groups is 2. The molecule has 0 aliphatic carbocycles. The predicted octanol–water partition coefficient (Wildman–Crippen LogP) is -0.0624. The number of sulfone groups is 1. The largest absolute Gasteiger partial charge is 0.355 e. The molecular formula is C14H21N3O6S2. The smallest absolute Gasteiger partial charge is 0.234 e. The lowest BCUT2D eigenvalue weighted by Crippen LogP contribution is -2.32. The van der Waals surface area contributed by atoms with Crippen LogP contribution >= 0.6 is 0 Å². The highest BCUT2D eigenvalue weighted by molar-refractivity contribution is 7.92. The average molecular weight is 391 g/mol. The van der Waals surface area contributed by atoms with Crippen LogP contribution in [0.3, 0.4) is 0 Å². The average Bonchev–Trinajstić information content (AvgIpc) is 2.43. The Morgan fingerprint density at radius 1 is 1.04 bits per heavy atom. The van der Waals surface area contributed by atoms with Gasteiger partial charge in [0.05, 0.1) is 17.2 Å². The summed E-state index contributed by atoms with van der Waals surface area (Å²) in [5.41, 5.74) is 0.719. The molecule has 3 N–H and O–H groups in total. The molecule has 140 valence electrons. The molecule has 2 amide bonds. The highest BCUT2D eigenvalue weighted by Crippen LogP contribution is 2.16. The molecule has 1 rings (SSSR count). The van der Waals surface area contributed by atoms with E-state index in [1.165, 1.54) is 19.1 Å². The summed E-state index contributed by atoms with van der Waals surface area (Å²) in [6.07, 6.45) is 0.800. The number of amides is 2. The fourth-order valence-corrected chi connectivity index (χ4v) is 3.30. The first kappa shape index (κ1) is 20.9. The Hall–Kier alpha value is -2.14. The van der Waals surface area contributed by atoms with Gasteiger partial charge in [-0.15, -0.1) is 0 Å². The van der Waals surface area contributed by atoms with E-state index in [0.717, 1.165) is 6.26 Å². The zero-order valence-electron chi connectivity index (χ0n) is 13.9. The first-order valence-electron chi connectivity index (χ1n) is 7.29. The molecular weight excluding hydrogens is 370 g/mol. The van der Waals surface area contributed by atoms with Crippen LogP contribution in [0.2, 0.25) is 0 Å². The normalized spacial score (nSPS) is 11.6. The summed E-state index contributed by atoms with van der Waals surface area (Å²) in [7, 11) is -6.96. The lowest BCUT2D eigenvalue weighted by molar-refractivity contribution is -0.120. The molecule has 11 heteroatoms. The van der Waals surface area contributed by atoms with E-state index >= 15 is 0 Å². The number of sulfonamides is 1. The second-order valence-electron chi connectivity index (χ2n) is 5.41. The molecule has 0 unspecified atom stereocenters. The molecule has 0 aromatic heterocycles. The van der Waals surface area contributed by atoms with Crippen LogP contribution in [0.1, 0.15) is 13.3 Å². The summed E-state index contributed by atoms with van der Waals surface area (Å²) in [4.78, 5) is 22.5. The number of hydrogen-bond donors (Lipinski definition) is 3. The van der Waals surface area contributed by atoms with E-state index in [4.69, 9.17) is 0 Å². The van der Waals surface area contributed by atoms with Crippen molar-refractivity contribution in [2.45, 2.75) is 13.3 Å². The van der Waals surface area contributed by atoms with Gasteiger partial charge < -0.3 is 10.6 Å². The number of nitrogens with one attached hydrogen (secondary N) is 3. The van der Waals surface area contributed by atoms with Crippen LogP contribution < -0.4 is 15.4 Å². The predicted molar refractivity (Wildman–Crippen MR) is 95.5 cm³/mol. The van der Waals surface area contributed by atoms with Crippen LogP contribution in [0.25, 0.3) is 0 Å². The van der Waals surface area contributed by atoms with Crippen LogP contribution in [0.5, 0.6) is 0 Å². The Morgan fingerprint density at radius 3 is 2.28 bits per heavy atom.